The van der Waals surface area contributed by atoms with Crippen LogP contribution in [-0.2, 0) is 0 Å². The van der Waals surface area contributed by atoms with Gasteiger partial charge in [0.15, 0.2) is 5.82 Å². The van der Waals surface area contributed by atoms with Gasteiger partial charge in [-0.15, -0.1) is 5.10 Å². The van der Waals surface area contributed by atoms with Gasteiger partial charge in [-0.25, -0.2) is 0 Å². The first-order chi connectivity index (χ1) is 13.2. The van der Waals surface area contributed by atoms with Crippen LogP contribution >= 0.6 is 11.3 Å². The lowest BCUT2D eigenvalue weighted by Gasteiger charge is -2.22. The molecule has 27 heavy (non-hydrogen) atoms. The van der Waals surface area contributed by atoms with Crippen LogP contribution in [0.2, 0.25) is 0 Å². The Bertz CT molecular complexity index is 1290. The number of benzene rings is 1. The molecule has 5 rings (SSSR count). The summed E-state index contributed by atoms with van der Waals surface area (Å²) in [6.07, 6.45) is 7.15. The standard InChI is InChI=1S/C20H14N4O2S/c1-12-15(10-14-4-2-3-5-16(14)26-12)11-17-19(25)24-20(27-17)22-18(23-24)13-6-8-21-9-7-13/h2-12H,1H3. The van der Waals surface area contributed by atoms with Crippen molar-refractivity contribution in [2.24, 2.45) is 0 Å². The predicted molar refractivity (Wildman–Crippen MR) is 105 cm³/mol. The Labute approximate surface area is 158 Å². The molecule has 1 aromatic carbocycles. The summed E-state index contributed by atoms with van der Waals surface area (Å²) in [5, 5.41) is 4.36. The second kappa shape index (κ2) is 6.14. The average molecular weight is 374 g/mol. The molecule has 0 saturated heterocycles. The number of ether oxygens (including phenoxy) is 1. The molecule has 1 aliphatic heterocycles. The lowest BCUT2D eigenvalue weighted by molar-refractivity contribution is 0.259. The van der Waals surface area contributed by atoms with E-state index >= 15 is 0 Å². The van der Waals surface area contributed by atoms with Crippen molar-refractivity contribution in [1.82, 2.24) is 19.6 Å². The fourth-order valence-electron chi connectivity index (χ4n) is 3.03. The lowest BCUT2D eigenvalue weighted by atomic mass is 10.0. The zero-order valence-electron chi connectivity index (χ0n) is 14.4. The van der Waals surface area contributed by atoms with E-state index < -0.39 is 0 Å². The number of fused-ring (bicyclic) bond motifs is 2. The largest absolute Gasteiger partial charge is 0.485 e. The smallest absolute Gasteiger partial charge is 0.291 e. The minimum atomic E-state index is -0.172. The van der Waals surface area contributed by atoms with Gasteiger partial charge in [0.2, 0.25) is 4.96 Å². The number of nitrogens with zero attached hydrogens (tertiary/aromatic N) is 4. The third-order valence-corrected chi connectivity index (χ3v) is 5.39. The van der Waals surface area contributed by atoms with E-state index in [1.54, 1.807) is 12.4 Å². The van der Waals surface area contributed by atoms with Gasteiger partial charge in [0.1, 0.15) is 11.9 Å². The number of thiazole rings is 1. The highest BCUT2D eigenvalue weighted by atomic mass is 32.1. The first-order valence-corrected chi connectivity index (χ1v) is 9.30. The molecule has 0 N–H and O–H groups in total. The molecule has 0 saturated carbocycles. The molecule has 4 aromatic rings. The van der Waals surface area contributed by atoms with Crippen LogP contribution in [0.1, 0.15) is 12.5 Å². The van der Waals surface area contributed by atoms with Gasteiger partial charge in [0.25, 0.3) is 5.56 Å². The van der Waals surface area contributed by atoms with E-state index in [0.29, 0.717) is 15.3 Å². The summed E-state index contributed by atoms with van der Waals surface area (Å²) in [5.41, 5.74) is 2.62. The number of pyridine rings is 1. The van der Waals surface area contributed by atoms with Crippen LogP contribution in [-0.4, -0.2) is 25.7 Å². The van der Waals surface area contributed by atoms with Gasteiger partial charge in [0.05, 0.1) is 4.53 Å². The van der Waals surface area contributed by atoms with Gasteiger partial charge in [-0.05, 0) is 42.8 Å². The van der Waals surface area contributed by atoms with Crippen molar-refractivity contribution in [2.75, 3.05) is 0 Å². The third-order valence-electron chi connectivity index (χ3n) is 4.43. The fourth-order valence-corrected chi connectivity index (χ4v) is 3.94. The van der Waals surface area contributed by atoms with E-state index in [2.05, 4.69) is 21.1 Å². The summed E-state index contributed by atoms with van der Waals surface area (Å²) < 4.78 is 7.89. The maximum absolute atomic E-state index is 12.8. The Balaban J connectivity index is 1.60. The quantitative estimate of drug-likeness (QED) is 0.539. The summed E-state index contributed by atoms with van der Waals surface area (Å²) in [7, 11) is 0. The van der Waals surface area contributed by atoms with E-state index in [1.807, 2.05) is 49.4 Å². The molecule has 0 bridgehead atoms. The van der Waals surface area contributed by atoms with Gasteiger partial charge < -0.3 is 4.74 Å². The van der Waals surface area contributed by atoms with E-state index in [0.717, 1.165) is 22.4 Å². The summed E-state index contributed by atoms with van der Waals surface area (Å²) >= 11 is 1.33. The molecule has 1 atom stereocenters. The van der Waals surface area contributed by atoms with Crippen LogP contribution in [0.15, 0.2) is 59.2 Å². The average Bonchev–Trinajstić information content (AvgIpc) is 3.23. The van der Waals surface area contributed by atoms with Crippen LogP contribution in [0, 0.1) is 0 Å². The maximum atomic E-state index is 12.8. The molecule has 4 heterocycles. The van der Waals surface area contributed by atoms with Crippen molar-refractivity contribution in [3.8, 4) is 17.1 Å². The summed E-state index contributed by atoms with van der Waals surface area (Å²) in [4.78, 5) is 21.8. The molecular weight excluding hydrogens is 360 g/mol. The Morgan fingerprint density at radius 3 is 2.81 bits per heavy atom. The molecule has 0 fully saturated rings. The predicted octanol–water partition coefficient (Wildman–Crippen LogP) is 2.58. The topological polar surface area (TPSA) is 69.4 Å². The minimum absolute atomic E-state index is 0.130. The Morgan fingerprint density at radius 1 is 1.19 bits per heavy atom. The van der Waals surface area contributed by atoms with Crippen molar-refractivity contribution >= 4 is 28.4 Å². The van der Waals surface area contributed by atoms with Gasteiger partial charge in [0, 0.05) is 23.5 Å². The summed E-state index contributed by atoms with van der Waals surface area (Å²) in [6.45, 7) is 1.97. The first kappa shape index (κ1) is 15.9. The Hall–Kier alpha value is -3.32. The lowest BCUT2D eigenvalue weighted by Crippen LogP contribution is -2.26. The zero-order valence-corrected chi connectivity index (χ0v) is 15.2. The molecule has 0 spiro atoms. The molecule has 0 aliphatic carbocycles. The highest BCUT2D eigenvalue weighted by Gasteiger charge is 2.18. The van der Waals surface area contributed by atoms with Crippen LogP contribution in [0.5, 0.6) is 5.75 Å². The normalized spacial score (nSPS) is 16.9. The third kappa shape index (κ3) is 2.72. The van der Waals surface area contributed by atoms with Crippen molar-refractivity contribution in [1.29, 1.82) is 0 Å². The van der Waals surface area contributed by atoms with Crippen molar-refractivity contribution < 1.29 is 4.74 Å². The zero-order chi connectivity index (χ0) is 18.4. The van der Waals surface area contributed by atoms with Gasteiger partial charge in [-0.3, -0.25) is 9.78 Å². The molecule has 3 aromatic heterocycles. The van der Waals surface area contributed by atoms with Crippen LogP contribution in [0.25, 0.3) is 28.5 Å². The summed E-state index contributed by atoms with van der Waals surface area (Å²) in [5.74, 6) is 1.38. The van der Waals surface area contributed by atoms with Gasteiger partial charge in [-0.1, -0.05) is 29.5 Å². The molecule has 7 heteroatoms. The van der Waals surface area contributed by atoms with E-state index in [4.69, 9.17) is 4.74 Å². The molecule has 0 amide bonds. The van der Waals surface area contributed by atoms with Gasteiger partial charge in [-0.2, -0.15) is 9.50 Å². The highest BCUT2D eigenvalue weighted by molar-refractivity contribution is 7.15. The second-order valence-electron chi connectivity index (χ2n) is 6.22. The van der Waals surface area contributed by atoms with Crippen molar-refractivity contribution in [2.45, 2.75) is 13.0 Å². The van der Waals surface area contributed by atoms with E-state index in [-0.39, 0.29) is 11.7 Å². The number of hydrogen-bond donors (Lipinski definition) is 0. The van der Waals surface area contributed by atoms with E-state index in [1.165, 1.54) is 15.9 Å². The monoisotopic (exact) mass is 374 g/mol. The van der Waals surface area contributed by atoms with Crippen molar-refractivity contribution in [3.05, 3.63) is 74.8 Å². The van der Waals surface area contributed by atoms with Crippen LogP contribution in [0.4, 0.5) is 0 Å². The minimum Gasteiger partial charge on any atom is -0.485 e. The maximum Gasteiger partial charge on any atom is 0.291 e. The Morgan fingerprint density at radius 2 is 2.00 bits per heavy atom. The van der Waals surface area contributed by atoms with Crippen LogP contribution < -0.4 is 14.8 Å². The Kier molecular flexibility index (Phi) is 3.61. The number of rotatable bonds is 2. The summed E-state index contributed by atoms with van der Waals surface area (Å²) in [6, 6.07) is 11.5. The molecule has 1 aliphatic rings. The first-order valence-electron chi connectivity index (χ1n) is 8.48. The second-order valence-corrected chi connectivity index (χ2v) is 7.23. The molecule has 1 unspecified atom stereocenters. The highest BCUT2D eigenvalue weighted by Crippen LogP contribution is 2.29. The van der Waals surface area contributed by atoms with Crippen LogP contribution in [0.3, 0.4) is 0 Å². The van der Waals surface area contributed by atoms with E-state index in [9.17, 15) is 4.79 Å². The molecular formula is C20H14N4O2S. The fraction of sp³-hybridized carbons (Fsp3) is 0.100. The number of hydrogen-bond acceptors (Lipinski definition) is 6. The van der Waals surface area contributed by atoms with Crippen molar-refractivity contribution in [3.63, 3.8) is 0 Å². The van der Waals surface area contributed by atoms with Gasteiger partial charge >= 0.3 is 0 Å². The number of para-hydroxylation sites is 1. The molecule has 132 valence electrons. The SMILES string of the molecule is CC1Oc2ccccc2C=C1C=c1sc2nc(-c3ccncc3)nn2c1=O. The molecule has 0 radical (unpaired) electrons. The molecule has 6 nitrogen and oxygen atoms in total. The number of aromatic nitrogens is 4.